The van der Waals surface area contributed by atoms with E-state index in [0.29, 0.717) is 11.3 Å². The van der Waals surface area contributed by atoms with Crippen molar-refractivity contribution >= 4 is 5.97 Å². The molecule has 3 aromatic carbocycles. The molecule has 1 heterocycles. The van der Waals surface area contributed by atoms with Gasteiger partial charge in [0.1, 0.15) is 5.56 Å². The number of nitrogens with zero attached hydrogens (tertiary/aromatic N) is 2. The van der Waals surface area contributed by atoms with E-state index in [-0.39, 0.29) is 12.1 Å². The van der Waals surface area contributed by atoms with Crippen molar-refractivity contribution in [1.82, 2.24) is 9.78 Å². The van der Waals surface area contributed by atoms with Crippen LogP contribution in [0.4, 0.5) is 0 Å². The third-order valence-corrected chi connectivity index (χ3v) is 5.11. The van der Waals surface area contributed by atoms with Crippen LogP contribution in [0.1, 0.15) is 21.5 Å². The molecule has 0 aliphatic rings. The number of benzene rings is 3. The molecule has 1 aromatic heterocycles. The molecule has 0 atom stereocenters. The first-order valence-corrected chi connectivity index (χ1v) is 9.98. The standard InChI is InChI=1S/C26H22N2O3/c1-18-13-15-19(16-14-18)17-28-25(29)23(26(30)31-2)22(20-9-5-3-6-10-20)24(27-28)21-11-7-4-8-12-21/h3-16H,17H2,1-2H3. The van der Waals surface area contributed by atoms with Crippen molar-refractivity contribution in [1.29, 1.82) is 0 Å². The van der Waals surface area contributed by atoms with Crippen molar-refractivity contribution in [3.63, 3.8) is 0 Å². The van der Waals surface area contributed by atoms with Gasteiger partial charge in [0, 0.05) is 11.1 Å². The Morgan fingerprint density at radius 3 is 2.03 bits per heavy atom. The lowest BCUT2D eigenvalue weighted by Gasteiger charge is -2.16. The Hall–Kier alpha value is -3.99. The van der Waals surface area contributed by atoms with E-state index in [1.165, 1.54) is 11.8 Å². The number of methoxy groups -OCH3 is 1. The number of hydrogen-bond donors (Lipinski definition) is 0. The van der Waals surface area contributed by atoms with E-state index in [9.17, 15) is 9.59 Å². The molecule has 0 spiro atoms. The minimum atomic E-state index is -0.680. The molecule has 0 aliphatic carbocycles. The summed E-state index contributed by atoms with van der Waals surface area (Å²) in [4.78, 5) is 26.2. The maximum absolute atomic E-state index is 13.4. The molecule has 0 fully saturated rings. The normalized spacial score (nSPS) is 10.6. The van der Waals surface area contributed by atoms with Gasteiger partial charge in [-0.05, 0) is 18.1 Å². The highest BCUT2D eigenvalue weighted by Gasteiger charge is 2.25. The molecule has 4 rings (SSSR count). The second-order valence-electron chi connectivity index (χ2n) is 7.27. The first kappa shape index (κ1) is 20.3. The van der Waals surface area contributed by atoms with Gasteiger partial charge in [-0.15, -0.1) is 0 Å². The van der Waals surface area contributed by atoms with Gasteiger partial charge < -0.3 is 4.74 Å². The quantitative estimate of drug-likeness (QED) is 0.447. The molecule has 0 amide bonds. The van der Waals surface area contributed by atoms with Crippen LogP contribution in [0.3, 0.4) is 0 Å². The van der Waals surface area contributed by atoms with Crippen LogP contribution in [0.5, 0.6) is 0 Å². The van der Waals surface area contributed by atoms with Gasteiger partial charge in [0.15, 0.2) is 0 Å². The van der Waals surface area contributed by atoms with Crippen molar-refractivity contribution < 1.29 is 9.53 Å². The van der Waals surface area contributed by atoms with Crippen LogP contribution in [-0.4, -0.2) is 22.9 Å². The predicted octanol–water partition coefficient (Wildman–Crippen LogP) is 4.72. The molecular weight excluding hydrogens is 388 g/mol. The lowest BCUT2D eigenvalue weighted by molar-refractivity contribution is 0.0598. The van der Waals surface area contributed by atoms with Crippen LogP contribution in [0.25, 0.3) is 22.4 Å². The fourth-order valence-corrected chi connectivity index (χ4v) is 3.52. The second-order valence-corrected chi connectivity index (χ2v) is 7.27. The van der Waals surface area contributed by atoms with Gasteiger partial charge in [-0.3, -0.25) is 4.79 Å². The lowest BCUT2D eigenvalue weighted by atomic mass is 9.95. The van der Waals surface area contributed by atoms with Gasteiger partial charge in [-0.25, -0.2) is 9.48 Å². The Kier molecular flexibility index (Phi) is 5.76. The summed E-state index contributed by atoms with van der Waals surface area (Å²) in [5.41, 5.74) is 4.12. The molecule has 0 radical (unpaired) electrons. The maximum Gasteiger partial charge on any atom is 0.344 e. The lowest BCUT2D eigenvalue weighted by Crippen LogP contribution is -2.31. The fourth-order valence-electron chi connectivity index (χ4n) is 3.52. The Labute approximate surface area is 180 Å². The molecule has 0 unspecified atom stereocenters. The highest BCUT2D eigenvalue weighted by molar-refractivity contribution is 6.00. The summed E-state index contributed by atoms with van der Waals surface area (Å²) in [5, 5.41) is 4.71. The summed E-state index contributed by atoms with van der Waals surface area (Å²) in [5.74, 6) is -0.680. The number of carbonyl (C=O) groups is 1. The number of carbonyl (C=O) groups excluding carboxylic acids is 1. The third kappa shape index (κ3) is 4.16. The Bertz CT molecular complexity index is 1260. The van der Waals surface area contributed by atoms with E-state index in [0.717, 1.165) is 22.3 Å². The summed E-state index contributed by atoms with van der Waals surface area (Å²) >= 11 is 0. The van der Waals surface area contributed by atoms with E-state index in [4.69, 9.17) is 9.84 Å². The first-order chi connectivity index (χ1) is 15.1. The minimum absolute atomic E-state index is 0.0188. The summed E-state index contributed by atoms with van der Waals surface area (Å²) in [6.45, 7) is 2.25. The zero-order chi connectivity index (χ0) is 21.8. The van der Waals surface area contributed by atoms with Gasteiger partial charge in [0.05, 0.1) is 19.3 Å². The van der Waals surface area contributed by atoms with Crippen molar-refractivity contribution in [2.24, 2.45) is 0 Å². The smallest absolute Gasteiger partial charge is 0.344 e. The summed E-state index contributed by atoms with van der Waals surface area (Å²) in [6, 6.07) is 26.8. The molecule has 0 N–H and O–H groups in total. The number of esters is 1. The average Bonchev–Trinajstić information content (AvgIpc) is 2.82. The maximum atomic E-state index is 13.4. The Morgan fingerprint density at radius 1 is 0.871 bits per heavy atom. The van der Waals surface area contributed by atoms with E-state index in [1.54, 1.807) is 0 Å². The van der Waals surface area contributed by atoms with Crippen molar-refractivity contribution in [2.75, 3.05) is 7.11 Å². The van der Waals surface area contributed by atoms with E-state index in [2.05, 4.69) is 0 Å². The second kappa shape index (κ2) is 8.79. The molecule has 0 bridgehead atoms. The van der Waals surface area contributed by atoms with Crippen molar-refractivity contribution in [2.45, 2.75) is 13.5 Å². The largest absolute Gasteiger partial charge is 0.465 e. The van der Waals surface area contributed by atoms with Crippen molar-refractivity contribution in [3.05, 3.63) is 112 Å². The first-order valence-electron chi connectivity index (χ1n) is 9.98. The Balaban J connectivity index is 2.01. The third-order valence-electron chi connectivity index (χ3n) is 5.11. The molecule has 5 heteroatoms. The Morgan fingerprint density at radius 2 is 1.45 bits per heavy atom. The highest BCUT2D eigenvalue weighted by atomic mass is 16.5. The van der Waals surface area contributed by atoms with E-state index in [1.807, 2.05) is 91.9 Å². The van der Waals surface area contributed by atoms with Crippen LogP contribution in [0.2, 0.25) is 0 Å². The van der Waals surface area contributed by atoms with Crippen LogP contribution < -0.4 is 5.56 Å². The van der Waals surface area contributed by atoms with Gasteiger partial charge in [-0.1, -0.05) is 90.5 Å². The van der Waals surface area contributed by atoms with Gasteiger partial charge in [0.25, 0.3) is 5.56 Å². The number of hydrogen-bond acceptors (Lipinski definition) is 4. The molecular formula is C26H22N2O3. The monoisotopic (exact) mass is 410 g/mol. The van der Waals surface area contributed by atoms with Crippen LogP contribution in [0, 0.1) is 6.92 Å². The topological polar surface area (TPSA) is 61.2 Å². The number of aromatic nitrogens is 2. The van der Waals surface area contributed by atoms with Crippen LogP contribution >= 0.6 is 0 Å². The molecule has 5 nitrogen and oxygen atoms in total. The number of aryl methyl sites for hydroxylation is 1. The summed E-state index contributed by atoms with van der Waals surface area (Å²) in [7, 11) is 1.28. The van der Waals surface area contributed by atoms with Crippen LogP contribution in [0.15, 0.2) is 89.7 Å². The summed E-state index contributed by atoms with van der Waals surface area (Å²) < 4.78 is 6.35. The molecule has 0 saturated heterocycles. The highest BCUT2D eigenvalue weighted by Crippen LogP contribution is 2.32. The van der Waals surface area contributed by atoms with Gasteiger partial charge in [0.2, 0.25) is 0 Å². The summed E-state index contributed by atoms with van der Waals surface area (Å²) in [6.07, 6.45) is 0. The molecule has 0 aliphatic heterocycles. The minimum Gasteiger partial charge on any atom is -0.465 e. The molecule has 154 valence electrons. The number of rotatable bonds is 5. The molecule has 0 saturated carbocycles. The van der Waals surface area contributed by atoms with Crippen molar-refractivity contribution in [3.8, 4) is 22.4 Å². The average molecular weight is 410 g/mol. The van der Waals surface area contributed by atoms with Gasteiger partial charge >= 0.3 is 5.97 Å². The van der Waals surface area contributed by atoms with E-state index >= 15 is 0 Å². The molecule has 31 heavy (non-hydrogen) atoms. The number of ether oxygens (including phenoxy) is 1. The molecule has 4 aromatic rings. The fraction of sp³-hybridized carbons (Fsp3) is 0.115. The van der Waals surface area contributed by atoms with E-state index < -0.39 is 11.5 Å². The zero-order valence-corrected chi connectivity index (χ0v) is 17.4. The predicted molar refractivity (Wildman–Crippen MR) is 121 cm³/mol. The van der Waals surface area contributed by atoms with Crippen LogP contribution in [-0.2, 0) is 11.3 Å². The SMILES string of the molecule is COC(=O)c1c(-c2ccccc2)c(-c2ccccc2)nn(Cc2ccc(C)cc2)c1=O. The zero-order valence-electron chi connectivity index (χ0n) is 17.4. The van der Waals surface area contributed by atoms with Gasteiger partial charge in [-0.2, -0.15) is 5.10 Å².